The quantitative estimate of drug-likeness (QED) is 0.571. The van der Waals surface area contributed by atoms with Crippen molar-refractivity contribution >= 4 is 17.6 Å². The smallest absolute Gasteiger partial charge is 0.317 e. The lowest BCUT2D eigenvalue weighted by Crippen LogP contribution is -2.52. The topological polar surface area (TPSA) is 74.3 Å². The molecule has 7 nitrogen and oxygen atoms in total. The van der Waals surface area contributed by atoms with Gasteiger partial charge in [0.15, 0.2) is 0 Å². The fourth-order valence-electron chi connectivity index (χ4n) is 6.53. The van der Waals surface area contributed by atoms with Crippen LogP contribution < -0.4 is 5.32 Å². The molecule has 2 fully saturated rings. The molecular weight excluding hydrogens is 478 g/mol. The normalized spacial score (nSPS) is 31.4. The second-order valence-corrected chi connectivity index (χ2v) is 11.1. The van der Waals surface area contributed by atoms with E-state index >= 15 is 0 Å². The Morgan fingerprint density at radius 2 is 1.78 bits per heavy atom. The number of nitrogens with one attached hydrogen (secondary N) is 1. The Morgan fingerprint density at radius 3 is 2.39 bits per heavy atom. The molecule has 2 aliphatic carbocycles. The first-order chi connectivity index (χ1) is 17.4. The number of carbonyl (C=O) groups is 1. The van der Waals surface area contributed by atoms with Crippen LogP contribution in [0.2, 0.25) is 5.02 Å². The molecule has 2 N–H and O–H groups in total. The van der Waals surface area contributed by atoms with Gasteiger partial charge in [0.25, 0.3) is 0 Å². The minimum atomic E-state index is -0.599. The molecule has 36 heavy (non-hydrogen) atoms. The highest BCUT2D eigenvalue weighted by Gasteiger charge is 2.44. The maximum atomic E-state index is 12.2. The predicted molar refractivity (Wildman–Crippen MR) is 140 cm³/mol. The zero-order chi connectivity index (χ0) is 25.4. The lowest BCUT2D eigenvalue weighted by molar-refractivity contribution is -0.0713. The van der Waals surface area contributed by atoms with Gasteiger partial charge in [-0.15, -0.1) is 0 Å². The van der Waals surface area contributed by atoms with Crippen LogP contribution in [-0.4, -0.2) is 71.7 Å². The number of methoxy groups -OCH3 is 1. The predicted octanol–water partition coefficient (Wildman–Crippen LogP) is 4.77. The molecule has 0 bridgehead atoms. The molecule has 8 heteroatoms. The van der Waals surface area contributed by atoms with Crippen molar-refractivity contribution in [3.8, 4) is 0 Å². The summed E-state index contributed by atoms with van der Waals surface area (Å²) in [6, 6.07) is 8.53. The van der Waals surface area contributed by atoms with E-state index in [0.717, 1.165) is 62.1 Å². The molecule has 0 spiro atoms. The summed E-state index contributed by atoms with van der Waals surface area (Å²) in [5.74, 6) is 0.822. The number of urea groups is 1. The summed E-state index contributed by atoms with van der Waals surface area (Å²) in [5, 5.41) is 15.2. The third-order valence-electron chi connectivity index (χ3n) is 8.10. The first-order valence-corrected chi connectivity index (χ1v) is 13.6. The minimum Gasteiger partial charge on any atom is -0.498 e. The van der Waals surface area contributed by atoms with Crippen molar-refractivity contribution < 1.29 is 19.4 Å². The lowest BCUT2D eigenvalue weighted by Gasteiger charge is -2.50. The van der Waals surface area contributed by atoms with Crippen LogP contribution in [0.3, 0.4) is 0 Å². The molecule has 0 radical (unpaired) electrons. The molecule has 0 aromatic heterocycles. The average molecular weight is 516 g/mol. The van der Waals surface area contributed by atoms with E-state index in [1.807, 2.05) is 30.9 Å². The molecule has 2 aliphatic heterocycles. The summed E-state index contributed by atoms with van der Waals surface area (Å²) in [5.41, 5.74) is 3.56. The van der Waals surface area contributed by atoms with Gasteiger partial charge < -0.3 is 24.8 Å². The van der Waals surface area contributed by atoms with Crippen molar-refractivity contribution in [3.63, 3.8) is 0 Å². The maximum Gasteiger partial charge on any atom is 0.317 e. The monoisotopic (exact) mass is 515 g/mol. The third kappa shape index (κ3) is 5.03. The molecule has 196 valence electrons. The zero-order valence-electron chi connectivity index (χ0n) is 21.5. The number of rotatable bonds is 6. The Balaban J connectivity index is 1.45. The first-order valence-electron chi connectivity index (χ1n) is 13.2. The highest BCUT2D eigenvalue weighted by molar-refractivity contribution is 6.30. The summed E-state index contributed by atoms with van der Waals surface area (Å²) in [4.78, 5) is 16.5. The second kappa shape index (κ2) is 10.7. The number of amides is 2. The highest BCUT2D eigenvalue weighted by atomic mass is 35.5. The fraction of sp³-hybridized carbons (Fsp3) is 0.607. The standard InChI is InChI=1S/C28H38ClN3O4/c1-17(2)36-25-16-23-19(14-24(25)35-3)15-26(33)32(27(23)18-4-6-20(29)7-5-18)22-10-8-21(9-11-22)31-13-12-30-28(31)34/h4-7,14,17,21-22,25-27,33H,8-13,15-16H2,1-3H3,(H,30,34). The molecule has 1 saturated heterocycles. The molecular formula is C28H38ClN3O4. The van der Waals surface area contributed by atoms with Crippen molar-refractivity contribution in [1.82, 2.24) is 15.1 Å². The van der Waals surface area contributed by atoms with E-state index < -0.39 is 6.23 Å². The van der Waals surface area contributed by atoms with Crippen molar-refractivity contribution in [3.05, 3.63) is 57.8 Å². The number of hydrogen-bond acceptors (Lipinski definition) is 5. The van der Waals surface area contributed by atoms with Gasteiger partial charge in [0.2, 0.25) is 0 Å². The van der Waals surface area contributed by atoms with Crippen LogP contribution in [0.15, 0.2) is 47.2 Å². The van der Waals surface area contributed by atoms with Gasteiger partial charge in [0.1, 0.15) is 18.1 Å². The van der Waals surface area contributed by atoms with E-state index in [4.69, 9.17) is 21.1 Å². The minimum absolute atomic E-state index is 0.0597. The molecule has 1 aromatic rings. The molecule has 1 aromatic carbocycles. The van der Waals surface area contributed by atoms with Crippen molar-refractivity contribution in [2.75, 3.05) is 20.2 Å². The maximum absolute atomic E-state index is 12.2. The zero-order valence-corrected chi connectivity index (χ0v) is 22.2. The van der Waals surface area contributed by atoms with Gasteiger partial charge >= 0.3 is 6.03 Å². The Kier molecular flexibility index (Phi) is 7.63. The van der Waals surface area contributed by atoms with E-state index in [-0.39, 0.29) is 36.4 Å². The van der Waals surface area contributed by atoms with Crippen LogP contribution in [-0.2, 0) is 9.47 Å². The number of benzene rings is 1. The number of nitrogens with zero attached hydrogens (tertiary/aromatic N) is 2. The van der Waals surface area contributed by atoms with E-state index in [9.17, 15) is 9.90 Å². The van der Waals surface area contributed by atoms with Crippen molar-refractivity contribution in [2.24, 2.45) is 0 Å². The summed E-state index contributed by atoms with van der Waals surface area (Å²) in [6.45, 7) is 5.61. The number of halogens is 1. The molecule has 1 saturated carbocycles. The Hall–Kier alpha value is -2.06. The fourth-order valence-corrected chi connectivity index (χ4v) is 6.66. The number of aliphatic hydroxyl groups excluding tert-OH is 1. The summed E-state index contributed by atoms with van der Waals surface area (Å²) in [7, 11) is 1.69. The summed E-state index contributed by atoms with van der Waals surface area (Å²) < 4.78 is 12.0. The van der Waals surface area contributed by atoms with Crippen molar-refractivity contribution in [1.29, 1.82) is 0 Å². The number of aliphatic hydroxyl groups is 1. The highest BCUT2D eigenvalue weighted by Crippen LogP contribution is 2.47. The Labute approximate surface area is 219 Å². The Morgan fingerprint density at radius 1 is 1.08 bits per heavy atom. The van der Waals surface area contributed by atoms with Crippen LogP contribution >= 0.6 is 11.6 Å². The van der Waals surface area contributed by atoms with Gasteiger partial charge in [-0.05, 0) is 74.4 Å². The molecule has 3 unspecified atom stereocenters. The van der Waals surface area contributed by atoms with Crippen molar-refractivity contribution in [2.45, 2.75) is 88.9 Å². The van der Waals surface area contributed by atoms with Crippen LogP contribution in [0.1, 0.15) is 64.0 Å². The Bertz CT molecular complexity index is 1020. The first kappa shape index (κ1) is 25.6. The largest absolute Gasteiger partial charge is 0.498 e. The SMILES string of the molecule is COC1=CC2=C(CC1OC(C)C)C(c1ccc(Cl)cc1)N(C1CCC(N3CCNC3=O)CC1)C(O)C2. The molecule has 3 atom stereocenters. The summed E-state index contributed by atoms with van der Waals surface area (Å²) >= 11 is 6.25. The number of ether oxygens (including phenoxy) is 2. The van der Waals surface area contributed by atoms with Gasteiger partial charge in [-0.2, -0.15) is 0 Å². The van der Waals surface area contributed by atoms with Crippen LogP contribution in [0.25, 0.3) is 0 Å². The van der Waals surface area contributed by atoms with Gasteiger partial charge in [-0.3, -0.25) is 4.90 Å². The number of allylic oxidation sites excluding steroid dienone is 1. The second-order valence-electron chi connectivity index (χ2n) is 10.7. The lowest BCUT2D eigenvalue weighted by atomic mass is 9.78. The third-order valence-corrected chi connectivity index (χ3v) is 8.35. The van der Waals surface area contributed by atoms with E-state index in [1.165, 1.54) is 5.57 Å². The van der Waals surface area contributed by atoms with E-state index in [0.29, 0.717) is 11.4 Å². The van der Waals surface area contributed by atoms with Crippen LogP contribution in [0, 0.1) is 0 Å². The van der Waals surface area contributed by atoms with Gasteiger partial charge in [0.05, 0.1) is 19.3 Å². The van der Waals surface area contributed by atoms with E-state index in [2.05, 4.69) is 28.4 Å². The van der Waals surface area contributed by atoms with Gasteiger partial charge in [-0.25, -0.2) is 4.79 Å². The van der Waals surface area contributed by atoms with E-state index in [1.54, 1.807) is 7.11 Å². The average Bonchev–Trinajstić information content (AvgIpc) is 3.29. The molecule has 2 amide bonds. The van der Waals surface area contributed by atoms with Gasteiger partial charge in [0, 0.05) is 43.0 Å². The van der Waals surface area contributed by atoms with Crippen LogP contribution in [0.4, 0.5) is 4.79 Å². The number of hydrogen-bond donors (Lipinski definition) is 2. The molecule has 2 heterocycles. The summed E-state index contributed by atoms with van der Waals surface area (Å²) in [6.07, 6.45) is 6.50. The number of carbonyl (C=O) groups excluding carboxylic acids is 1. The molecule has 5 rings (SSSR count). The molecule has 4 aliphatic rings. The van der Waals surface area contributed by atoms with Gasteiger partial charge in [-0.1, -0.05) is 23.7 Å². The van der Waals surface area contributed by atoms with Crippen LogP contribution in [0.5, 0.6) is 0 Å².